The highest BCUT2D eigenvalue weighted by atomic mass is 32.1. The van der Waals surface area contributed by atoms with Crippen LogP contribution in [0.1, 0.15) is 49.4 Å². The van der Waals surface area contributed by atoms with Crippen LogP contribution in [0.5, 0.6) is 0 Å². The van der Waals surface area contributed by atoms with E-state index < -0.39 is 40.4 Å². The summed E-state index contributed by atoms with van der Waals surface area (Å²) in [5.74, 6) is -4.43. The smallest absolute Gasteiger partial charge is 0.333 e. The number of hydrogen-bond acceptors (Lipinski definition) is 16. The summed E-state index contributed by atoms with van der Waals surface area (Å²) in [5.41, 5.74) is -3.62. The first kappa shape index (κ1) is 45.4. The third kappa shape index (κ3) is 8.05. The second-order valence-corrected chi connectivity index (χ2v) is 18.6. The van der Waals surface area contributed by atoms with Crippen LogP contribution in [0.2, 0.25) is 0 Å². The molecule has 16 heteroatoms. The van der Waals surface area contributed by atoms with Gasteiger partial charge in [0.25, 0.3) is 0 Å². The highest BCUT2D eigenvalue weighted by Gasteiger charge is 2.69. The maximum Gasteiger partial charge on any atom is 0.333 e. The molecule has 0 saturated carbocycles. The Balaban J connectivity index is 1.35. The number of esters is 4. The summed E-state index contributed by atoms with van der Waals surface area (Å²) in [4.78, 5) is 68.3. The van der Waals surface area contributed by atoms with Crippen LogP contribution >= 0.6 is 34.0 Å². The quantitative estimate of drug-likeness (QED) is 0.0327. The van der Waals surface area contributed by atoms with Crippen LogP contribution in [0.4, 0.5) is 5.00 Å². The molecule has 334 valence electrons. The maximum atomic E-state index is 15.6. The molecule has 7 aromatic rings. The second-order valence-electron chi connectivity index (χ2n) is 15.4. The molecule has 0 N–H and O–H groups in total. The molecule has 4 aromatic carbocycles. The average molecular weight is 962 g/mol. The molecule has 69 heavy (non-hydrogen) atoms. The molecule has 0 amide bonds. The van der Waals surface area contributed by atoms with Gasteiger partial charge in [0.1, 0.15) is 61.3 Å². The molecular weight excluding hydrogens is 931 g/mol. The number of aliphatic imine (C=N–C) groups is 1. The predicted molar refractivity (Wildman–Crippen MR) is 255 cm³/mol. The fraction of sp³-hybridized carbons (Fsp3) is 0.113. The highest BCUT2D eigenvalue weighted by molar-refractivity contribution is 7.28. The number of hydrogen-bond donors (Lipinski definition) is 0. The third-order valence-corrected chi connectivity index (χ3v) is 15.0. The van der Waals surface area contributed by atoms with Crippen molar-refractivity contribution in [3.63, 3.8) is 0 Å². The van der Waals surface area contributed by atoms with Gasteiger partial charge in [-0.05, 0) is 40.5 Å². The van der Waals surface area contributed by atoms with E-state index in [1.807, 2.05) is 12.1 Å². The fourth-order valence-corrected chi connectivity index (χ4v) is 12.3. The number of nitrogens with zero attached hydrogens (tertiary/aromatic N) is 5. The van der Waals surface area contributed by atoms with Crippen molar-refractivity contribution in [3.05, 3.63) is 188 Å². The molecule has 0 bridgehead atoms. The average Bonchev–Trinajstić information content (AvgIpc) is 4.20. The number of rotatable bonds is 14. The van der Waals surface area contributed by atoms with Gasteiger partial charge in [-0.25, -0.2) is 4.99 Å². The molecule has 0 spiro atoms. The Morgan fingerprint density at radius 3 is 1.20 bits per heavy atom. The number of carbonyl (C=O) groups excluding carboxylic acids is 4. The van der Waals surface area contributed by atoms with Crippen LogP contribution in [0.15, 0.2) is 144 Å². The SMILES string of the molecule is N#CC(C#N)=Cc1cc2c(s1)-c1sc3c(c1C2(C(=O)OCc1ccccc1)C(=O)OCc1ccccc1)C(C(=O)OCc1ccccc1)(C(=O)OCc1ccccc1)c1cc(N=C(C#N)C#N)sc1-3. The Morgan fingerprint density at radius 2 is 0.841 bits per heavy atom. The molecule has 0 aliphatic heterocycles. The lowest BCUT2D eigenvalue weighted by Crippen LogP contribution is -2.50. The van der Waals surface area contributed by atoms with Gasteiger partial charge in [0.05, 0.1) is 19.5 Å². The van der Waals surface area contributed by atoms with Crippen LogP contribution in [0, 0.1) is 45.3 Å². The second kappa shape index (κ2) is 19.2. The summed E-state index contributed by atoms with van der Waals surface area (Å²) >= 11 is 3.12. The topological polar surface area (TPSA) is 213 Å². The number of nitriles is 4. The molecule has 9 rings (SSSR count). The van der Waals surface area contributed by atoms with Crippen molar-refractivity contribution in [2.75, 3.05) is 0 Å². The minimum Gasteiger partial charge on any atom is -0.459 e. The van der Waals surface area contributed by atoms with Gasteiger partial charge < -0.3 is 18.9 Å². The molecule has 13 nitrogen and oxygen atoms in total. The summed E-state index contributed by atoms with van der Waals surface area (Å²) in [5, 5.41) is 39.1. The van der Waals surface area contributed by atoms with Gasteiger partial charge in [-0.2, -0.15) is 21.0 Å². The number of allylic oxidation sites excluding steroid dienone is 1. The summed E-state index contributed by atoms with van der Waals surface area (Å²) in [7, 11) is 0. The first-order valence-corrected chi connectivity index (χ1v) is 23.3. The first-order chi connectivity index (χ1) is 33.7. The summed E-state index contributed by atoms with van der Waals surface area (Å²) in [6, 6.07) is 45.2. The zero-order chi connectivity index (χ0) is 48.1. The van der Waals surface area contributed by atoms with E-state index in [4.69, 9.17) is 18.9 Å². The van der Waals surface area contributed by atoms with E-state index in [9.17, 15) is 21.0 Å². The Labute approximate surface area is 406 Å². The van der Waals surface area contributed by atoms with E-state index in [0.29, 0.717) is 41.8 Å². The van der Waals surface area contributed by atoms with Gasteiger partial charge in [-0.1, -0.05) is 121 Å². The molecule has 0 atom stereocenters. The van der Waals surface area contributed by atoms with Gasteiger partial charge in [-0.3, -0.25) is 19.2 Å². The summed E-state index contributed by atoms with van der Waals surface area (Å²) < 4.78 is 24.6. The van der Waals surface area contributed by atoms with Crippen LogP contribution in [0.25, 0.3) is 25.6 Å². The number of ether oxygens (including phenoxy) is 4. The monoisotopic (exact) mass is 961 g/mol. The number of carbonyl (C=O) groups is 4. The van der Waals surface area contributed by atoms with Crippen molar-refractivity contribution in [2.24, 2.45) is 4.99 Å². The molecule has 3 heterocycles. The van der Waals surface area contributed by atoms with Crippen molar-refractivity contribution in [3.8, 4) is 43.8 Å². The van der Waals surface area contributed by atoms with Gasteiger partial charge in [-0.15, -0.1) is 34.0 Å². The van der Waals surface area contributed by atoms with E-state index in [2.05, 4.69) is 4.99 Å². The molecule has 0 unspecified atom stereocenters. The molecule has 0 fully saturated rings. The predicted octanol–water partition coefficient (Wildman–Crippen LogP) is 9.93. The zero-order valence-electron chi connectivity index (χ0n) is 35.8. The lowest BCUT2D eigenvalue weighted by atomic mass is 9.70. The van der Waals surface area contributed by atoms with E-state index in [-0.39, 0.29) is 64.1 Å². The maximum absolute atomic E-state index is 15.6. The van der Waals surface area contributed by atoms with Gasteiger partial charge in [0.15, 0.2) is 0 Å². The summed E-state index contributed by atoms with van der Waals surface area (Å²) in [6.45, 7) is -1.21. The minimum absolute atomic E-state index is 0.0254. The summed E-state index contributed by atoms with van der Waals surface area (Å²) in [6.07, 6.45) is 1.33. The van der Waals surface area contributed by atoms with Crippen LogP contribution in [-0.4, -0.2) is 29.6 Å². The standard InChI is InChI=1S/C53H31N5O8S3/c54-24-36(25-55)21-38-22-39-44(67-38)46-42(52(39,48(59)63-28-32-13-5-1-6-14-32)49(60)64-29-33-15-7-2-8-16-33)43-47(69-46)45-40(23-41(68-45)58-37(26-56)27-57)53(43,50(61)65-30-34-17-9-3-10-18-34)51(62)66-31-35-19-11-4-12-20-35/h1-23H,28-31H2. The van der Waals surface area contributed by atoms with Gasteiger partial charge in [0, 0.05) is 27.1 Å². The van der Waals surface area contributed by atoms with E-state index in [1.54, 1.807) is 133 Å². The lowest BCUT2D eigenvalue weighted by molar-refractivity contribution is -0.167. The molecular formula is C53H31N5O8S3. The highest BCUT2D eigenvalue weighted by Crippen LogP contribution is 2.68. The number of fused-ring (bicyclic) bond motifs is 7. The van der Waals surface area contributed by atoms with Crippen molar-refractivity contribution in [1.82, 2.24) is 0 Å². The van der Waals surface area contributed by atoms with Crippen molar-refractivity contribution in [2.45, 2.75) is 37.3 Å². The van der Waals surface area contributed by atoms with E-state index in [0.717, 1.165) is 34.0 Å². The normalized spacial score (nSPS) is 12.7. The van der Waals surface area contributed by atoms with Crippen LogP contribution in [-0.2, 0) is 75.4 Å². The van der Waals surface area contributed by atoms with Crippen LogP contribution < -0.4 is 0 Å². The number of benzene rings is 4. The third-order valence-electron chi connectivity index (χ3n) is 11.4. The Hall–Kier alpha value is -8.77. The van der Waals surface area contributed by atoms with E-state index >= 15 is 19.2 Å². The first-order valence-electron chi connectivity index (χ1n) is 20.9. The number of thiophene rings is 3. The molecule has 0 saturated heterocycles. The zero-order valence-corrected chi connectivity index (χ0v) is 38.3. The van der Waals surface area contributed by atoms with Gasteiger partial charge in [0.2, 0.25) is 16.5 Å². The van der Waals surface area contributed by atoms with Crippen molar-refractivity contribution < 1.29 is 38.1 Å². The van der Waals surface area contributed by atoms with Crippen molar-refractivity contribution >= 4 is 74.7 Å². The van der Waals surface area contributed by atoms with Crippen molar-refractivity contribution in [1.29, 1.82) is 21.0 Å². The fourth-order valence-electron chi connectivity index (χ4n) is 8.30. The molecule has 0 radical (unpaired) electrons. The minimum atomic E-state index is -2.58. The Kier molecular flexibility index (Phi) is 12.6. The Morgan fingerprint density at radius 1 is 0.478 bits per heavy atom. The van der Waals surface area contributed by atoms with Crippen LogP contribution in [0.3, 0.4) is 0 Å². The van der Waals surface area contributed by atoms with E-state index in [1.165, 1.54) is 18.2 Å². The lowest BCUT2D eigenvalue weighted by Gasteiger charge is -2.32. The molecule has 2 aliphatic carbocycles. The largest absolute Gasteiger partial charge is 0.459 e. The Bertz CT molecular complexity index is 3050. The molecule has 3 aromatic heterocycles. The van der Waals surface area contributed by atoms with Gasteiger partial charge >= 0.3 is 23.9 Å². The molecule has 2 aliphatic rings.